The molecule has 140 valence electrons. The van der Waals surface area contributed by atoms with Crippen LogP contribution in [-0.2, 0) is 6.42 Å². The number of pyridine rings is 1. The Labute approximate surface area is 154 Å². The summed E-state index contributed by atoms with van der Waals surface area (Å²) < 4.78 is 5.39. The molecule has 1 amide bonds. The molecule has 1 N–H and O–H groups in total. The molecule has 7 heteroatoms. The summed E-state index contributed by atoms with van der Waals surface area (Å²) in [5.41, 5.74) is 0.649. The van der Waals surface area contributed by atoms with E-state index in [1.54, 1.807) is 18.5 Å². The second kappa shape index (κ2) is 8.40. The van der Waals surface area contributed by atoms with Gasteiger partial charge in [0.05, 0.1) is 11.6 Å². The minimum Gasteiger partial charge on any atom is -0.338 e. The van der Waals surface area contributed by atoms with Gasteiger partial charge in [-0.25, -0.2) is 0 Å². The summed E-state index contributed by atoms with van der Waals surface area (Å²) in [6.45, 7) is 7.79. The summed E-state index contributed by atoms with van der Waals surface area (Å²) in [5, 5.41) is 7.61. The number of aromatic nitrogens is 3. The molecule has 3 rings (SSSR count). The zero-order valence-corrected chi connectivity index (χ0v) is 15.7. The predicted molar refractivity (Wildman–Crippen MR) is 97.6 cm³/mol. The molecule has 3 heterocycles. The highest BCUT2D eigenvalue weighted by molar-refractivity contribution is 5.93. The Hall–Kier alpha value is -2.28. The minimum atomic E-state index is 0.00832. The molecule has 1 aliphatic rings. The number of piperidine rings is 1. The van der Waals surface area contributed by atoms with E-state index in [1.807, 2.05) is 17.9 Å². The number of nitrogens with zero attached hydrogens (tertiary/aromatic N) is 4. The van der Waals surface area contributed by atoms with Crippen LogP contribution < -0.4 is 5.32 Å². The van der Waals surface area contributed by atoms with Crippen molar-refractivity contribution in [2.75, 3.05) is 13.1 Å². The van der Waals surface area contributed by atoms with E-state index in [4.69, 9.17) is 4.52 Å². The van der Waals surface area contributed by atoms with Crippen molar-refractivity contribution >= 4 is 5.91 Å². The van der Waals surface area contributed by atoms with E-state index < -0.39 is 0 Å². The van der Waals surface area contributed by atoms with Crippen molar-refractivity contribution in [1.82, 2.24) is 25.3 Å². The summed E-state index contributed by atoms with van der Waals surface area (Å²) in [6.07, 6.45) is 5.94. The number of nitrogens with one attached hydrogen (secondary N) is 1. The Kier molecular flexibility index (Phi) is 5.98. The first-order valence-corrected chi connectivity index (χ1v) is 9.30. The van der Waals surface area contributed by atoms with E-state index in [0.29, 0.717) is 23.4 Å². The van der Waals surface area contributed by atoms with Crippen molar-refractivity contribution in [1.29, 1.82) is 0 Å². The molecule has 1 unspecified atom stereocenters. The van der Waals surface area contributed by atoms with Gasteiger partial charge in [-0.3, -0.25) is 9.78 Å². The Morgan fingerprint density at radius 2 is 2.12 bits per heavy atom. The van der Waals surface area contributed by atoms with E-state index >= 15 is 0 Å². The molecule has 1 aliphatic heterocycles. The van der Waals surface area contributed by atoms with E-state index in [2.05, 4.69) is 34.3 Å². The number of carbonyl (C=O) groups excluding carboxylic acids is 1. The third kappa shape index (κ3) is 4.66. The van der Waals surface area contributed by atoms with Crippen LogP contribution in [0.5, 0.6) is 0 Å². The lowest BCUT2D eigenvalue weighted by Crippen LogP contribution is -2.45. The Morgan fingerprint density at radius 3 is 2.77 bits per heavy atom. The van der Waals surface area contributed by atoms with Crippen molar-refractivity contribution < 1.29 is 9.32 Å². The molecule has 0 aliphatic carbocycles. The summed E-state index contributed by atoms with van der Waals surface area (Å²) in [6, 6.07) is 3.95. The molecule has 1 saturated heterocycles. The van der Waals surface area contributed by atoms with Gasteiger partial charge < -0.3 is 14.7 Å². The van der Waals surface area contributed by atoms with Gasteiger partial charge in [0.25, 0.3) is 5.91 Å². The summed E-state index contributed by atoms with van der Waals surface area (Å²) in [4.78, 5) is 22.9. The molecule has 2 aromatic rings. The fourth-order valence-corrected chi connectivity index (χ4v) is 3.24. The molecule has 26 heavy (non-hydrogen) atoms. The number of carbonyl (C=O) groups is 1. The highest BCUT2D eigenvalue weighted by Gasteiger charge is 2.26. The van der Waals surface area contributed by atoms with Crippen molar-refractivity contribution in [3.63, 3.8) is 0 Å². The van der Waals surface area contributed by atoms with Gasteiger partial charge in [0.2, 0.25) is 5.89 Å². The van der Waals surface area contributed by atoms with Crippen LogP contribution in [0.4, 0.5) is 0 Å². The first-order valence-electron chi connectivity index (χ1n) is 9.30. The van der Waals surface area contributed by atoms with E-state index in [-0.39, 0.29) is 11.9 Å². The average molecular weight is 357 g/mol. The van der Waals surface area contributed by atoms with E-state index in [9.17, 15) is 4.79 Å². The first-order chi connectivity index (χ1) is 12.5. The molecule has 0 spiro atoms. The monoisotopic (exact) mass is 357 g/mol. The van der Waals surface area contributed by atoms with Gasteiger partial charge in [0.15, 0.2) is 5.82 Å². The summed E-state index contributed by atoms with van der Waals surface area (Å²) >= 11 is 0. The molecule has 0 saturated carbocycles. The number of likely N-dealkylation sites (tertiary alicyclic amines) is 1. The maximum atomic E-state index is 12.5. The van der Waals surface area contributed by atoms with Crippen molar-refractivity contribution in [2.24, 2.45) is 5.92 Å². The molecular formula is C19H27N5O2. The maximum Gasteiger partial charge on any atom is 0.255 e. The van der Waals surface area contributed by atoms with Gasteiger partial charge in [-0.15, -0.1) is 0 Å². The summed E-state index contributed by atoms with van der Waals surface area (Å²) in [5.74, 6) is 1.96. The number of amides is 1. The second-order valence-electron chi connectivity index (χ2n) is 7.34. The van der Waals surface area contributed by atoms with Gasteiger partial charge in [-0.1, -0.05) is 19.0 Å². The molecular weight excluding hydrogens is 330 g/mol. The van der Waals surface area contributed by atoms with E-state index in [0.717, 1.165) is 38.2 Å². The SMILES string of the molecule is CC(C)Cc1noc(C(C)NC2CCN(C(=O)c3cccnc3)CC2)n1. The number of hydrogen-bond acceptors (Lipinski definition) is 6. The van der Waals surface area contributed by atoms with Crippen molar-refractivity contribution in [3.05, 3.63) is 41.8 Å². The van der Waals surface area contributed by atoms with Crippen LogP contribution in [0.1, 0.15) is 61.7 Å². The third-order valence-corrected chi connectivity index (χ3v) is 4.62. The molecule has 2 aromatic heterocycles. The van der Waals surface area contributed by atoms with Crippen LogP contribution >= 0.6 is 0 Å². The molecule has 0 aromatic carbocycles. The lowest BCUT2D eigenvalue weighted by atomic mass is 10.0. The number of hydrogen-bond donors (Lipinski definition) is 1. The average Bonchev–Trinajstić information content (AvgIpc) is 3.10. The smallest absolute Gasteiger partial charge is 0.255 e. The molecule has 0 bridgehead atoms. The fraction of sp³-hybridized carbons (Fsp3) is 0.579. The standard InChI is InChI=1S/C19H27N5O2/c1-13(2)11-17-22-18(26-23-17)14(3)21-16-6-9-24(10-7-16)19(25)15-5-4-8-20-12-15/h4-5,8,12-14,16,21H,6-7,9-11H2,1-3H3. The fourth-order valence-electron chi connectivity index (χ4n) is 3.24. The van der Waals surface area contributed by atoms with Crippen LogP contribution in [-0.4, -0.2) is 45.1 Å². The van der Waals surface area contributed by atoms with Crippen molar-refractivity contribution in [2.45, 2.75) is 52.1 Å². The maximum absolute atomic E-state index is 12.5. The van der Waals surface area contributed by atoms with Gasteiger partial charge in [-0.05, 0) is 37.8 Å². The minimum absolute atomic E-state index is 0.00832. The first kappa shape index (κ1) is 18.5. The Balaban J connectivity index is 1.49. The quantitative estimate of drug-likeness (QED) is 0.855. The van der Waals surface area contributed by atoms with E-state index in [1.165, 1.54) is 0 Å². The van der Waals surface area contributed by atoms with Gasteiger partial charge in [-0.2, -0.15) is 4.98 Å². The predicted octanol–water partition coefficient (Wildman–Crippen LogP) is 2.62. The highest BCUT2D eigenvalue weighted by atomic mass is 16.5. The van der Waals surface area contributed by atoms with Crippen LogP contribution in [0.2, 0.25) is 0 Å². The van der Waals surface area contributed by atoms with Gasteiger partial charge in [0.1, 0.15) is 0 Å². The lowest BCUT2D eigenvalue weighted by molar-refractivity contribution is 0.0700. The zero-order chi connectivity index (χ0) is 18.5. The Morgan fingerprint density at radius 1 is 1.35 bits per heavy atom. The Bertz CT molecular complexity index is 708. The summed E-state index contributed by atoms with van der Waals surface area (Å²) in [7, 11) is 0. The largest absolute Gasteiger partial charge is 0.338 e. The van der Waals surface area contributed by atoms with Crippen LogP contribution in [0, 0.1) is 5.92 Å². The van der Waals surface area contributed by atoms with Crippen LogP contribution in [0.15, 0.2) is 29.0 Å². The van der Waals surface area contributed by atoms with Crippen molar-refractivity contribution in [3.8, 4) is 0 Å². The highest BCUT2D eigenvalue weighted by Crippen LogP contribution is 2.18. The van der Waals surface area contributed by atoms with Gasteiger partial charge >= 0.3 is 0 Å². The molecule has 0 radical (unpaired) electrons. The number of rotatable bonds is 6. The topological polar surface area (TPSA) is 84.2 Å². The molecule has 1 atom stereocenters. The van der Waals surface area contributed by atoms with Crippen LogP contribution in [0.25, 0.3) is 0 Å². The zero-order valence-electron chi connectivity index (χ0n) is 15.7. The lowest BCUT2D eigenvalue weighted by Gasteiger charge is -2.33. The van der Waals surface area contributed by atoms with Crippen LogP contribution in [0.3, 0.4) is 0 Å². The molecule has 7 nitrogen and oxygen atoms in total. The molecule has 1 fully saturated rings. The normalized spacial score (nSPS) is 16.8. The van der Waals surface area contributed by atoms with Gasteiger partial charge in [0, 0.05) is 37.9 Å². The second-order valence-corrected chi connectivity index (χ2v) is 7.34. The third-order valence-electron chi connectivity index (χ3n) is 4.62.